The molecule has 0 spiro atoms. The lowest BCUT2D eigenvalue weighted by atomic mass is 10.2. The van der Waals surface area contributed by atoms with Gasteiger partial charge in [0.2, 0.25) is 0 Å². The van der Waals surface area contributed by atoms with Gasteiger partial charge in [-0.25, -0.2) is 14.2 Å². The minimum Gasteiger partial charge on any atom is -0.457 e. The third-order valence-electron chi connectivity index (χ3n) is 2.62. The summed E-state index contributed by atoms with van der Waals surface area (Å²) < 4.78 is 18.0. The molecular formula is C15H13FN2O3S. The van der Waals surface area contributed by atoms with E-state index in [0.29, 0.717) is 10.6 Å². The summed E-state index contributed by atoms with van der Waals surface area (Å²) >= 11 is 1.000. The van der Waals surface area contributed by atoms with E-state index < -0.39 is 17.7 Å². The number of carbonyl (C=O) groups excluding carboxylic acids is 2. The molecule has 7 heteroatoms. The van der Waals surface area contributed by atoms with Crippen molar-refractivity contribution in [3.63, 3.8) is 0 Å². The van der Waals surface area contributed by atoms with Crippen LogP contribution in [0.25, 0.3) is 0 Å². The van der Waals surface area contributed by atoms with Gasteiger partial charge in [0.15, 0.2) is 5.13 Å². The van der Waals surface area contributed by atoms with E-state index in [0.717, 1.165) is 17.4 Å². The highest BCUT2D eigenvalue weighted by Gasteiger charge is 2.18. The van der Waals surface area contributed by atoms with Gasteiger partial charge in [-0.3, -0.25) is 10.1 Å². The van der Waals surface area contributed by atoms with Gasteiger partial charge in [-0.05, 0) is 25.1 Å². The van der Waals surface area contributed by atoms with Crippen molar-refractivity contribution in [3.8, 4) is 0 Å². The van der Waals surface area contributed by atoms with Crippen molar-refractivity contribution >= 4 is 28.3 Å². The second-order valence-corrected chi connectivity index (χ2v) is 5.28. The molecule has 0 aliphatic rings. The first-order chi connectivity index (χ1) is 10.5. The summed E-state index contributed by atoms with van der Waals surface area (Å²) in [7, 11) is 0. The van der Waals surface area contributed by atoms with Gasteiger partial charge in [0.1, 0.15) is 17.3 Å². The third kappa shape index (κ3) is 3.76. The smallest absolute Gasteiger partial charge is 0.350 e. The zero-order valence-corrected chi connectivity index (χ0v) is 12.6. The fourth-order valence-electron chi connectivity index (χ4n) is 1.64. The molecular weight excluding hydrogens is 307 g/mol. The van der Waals surface area contributed by atoms with Gasteiger partial charge in [0.05, 0.1) is 5.69 Å². The number of benzene rings is 1. The van der Waals surface area contributed by atoms with Crippen molar-refractivity contribution in [3.05, 3.63) is 58.9 Å². The molecule has 0 aliphatic carbocycles. The molecule has 2 aromatic rings. The molecule has 1 amide bonds. The van der Waals surface area contributed by atoms with Crippen molar-refractivity contribution in [2.24, 2.45) is 0 Å². The van der Waals surface area contributed by atoms with Gasteiger partial charge in [-0.2, -0.15) is 0 Å². The Morgan fingerprint density at radius 1 is 1.50 bits per heavy atom. The molecule has 0 radical (unpaired) electrons. The molecule has 2 rings (SSSR count). The molecule has 0 unspecified atom stereocenters. The highest BCUT2D eigenvalue weighted by molar-refractivity contribution is 7.17. The van der Waals surface area contributed by atoms with E-state index in [2.05, 4.69) is 16.9 Å². The van der Waals surface area contributed by atoms with Crippen molar-refractivity contribution in [1.82, 2.24) is 4.98 Å². The lowest BCUT2D eigenvalue weighted by Crippen LogP contribution is -2.11. The van der Waals surface area contributed by atoms with Crippen LogP contribution in [0.3, 0.4) is 0 Å². The van der Waals surface area contributed by atoms with Gasteiger partial charge in [-0.1, -0.05) is 30.1 Å². The fraction of sp³-hybridized carbons (Fsp3) is 0.133. The van der Waals surface area contributed by atoms with E-state index >= 15 is 0 Å². The third-order valence-corrected chi connectivity index (χ3v) is 3.67. The lowest BCUT2D eigenvalue weighted by molar-refractivity contribution is 0.0554. The standard InChI is InChI=1S/C15H13FN2O3S/c1-3-7-21-14(20)12-9(2)17-15(22-12)18-13(19)10-5-4-6-11(16)8-10/h3-6,8H,1,7H2,2H3,(H,17,18,19). The van der Waals surface area contributed by atoms with E-state index in [4.69, 9.17) is 4.74 Å². The zero-order valence-electron chi connectivity index (χ0n) is 11.8. The quantitative estimate of drug-likeness (QED) is 0.678. The molecule has 0 bridgehead atoms. The molecule has 0 atom stereocenters. The first kappa shape index (κ1) is 15.8. The number of rotatable bonds is 5. The minimum absolute atomic E-state index is 0.0984. The van der Waals surface area contributed by atoms with Gasteiger partial charge in [0.25, 0.3) is 5.91 Å². The van der Waals surface area contributed by atoms with Crippen molar-refractivity contribution in [1.29, 1.82) is 0 Å². The number of aryl methyl sites for hydroxylation is 1. The molecule has 0 fully saturated rings. The molecule has 114 valence electrons. The maximum Gasteiger partial charge on any atom is 0.350 e. The van der Waals surface area contributed by atoms with Crippen molar-refractivity contribution in [2.45, 2.75) is 6.92 Å². The molecule has 0 saturated heterocycles. The summed E-state index contributed by atoms with van der Waals surface area (Å²) in [5.74, 6) is -1.53. The predicted molar refractivity (Wildman–Crippen MR) is 81.7 cm³/mol. The zero-order chi connectivity index (χ0) is 16.1. The summed E-state index contributed by atoms with van der Waals surface area (Å²) in [5, 5.41) is 2.78. The Morgan fingerprint density at radius 3 is 2.95 bits per heavy atom. The Balaban J connectivity index is 2.12. The van der Waals surface area contributed by atoms with E-state index in [9.17, 15) is 14.0 Å². The Hall–Kier alpha value is -2.54. The highest BCUT2D eigenvalue weighted by Crippen LogP contribution is 2.24. The average molecular weight is 320 g/mol. The first-order valence-corrected chi connectivity index (χ1v) is 7.15. The number of thiazole rings is 1. The Kier molecular flexibility index (Phi) is 5.00. The Morgan fingerprint density at radius 2 is 2.27 bits per heavy atom. The SMILES string of the molecule is C=CCOC(=O)c1sc(NC(=O)c2cccc(F)c2)nc1C. The largest absolute Gasteiger partial charge is 0.457 e. The van der Waals surface area contributed by atoms with Crippen LogP contribution in [0, 0.1) is 12.7 Å². The van der Waals surface area contributed by atoms with E-state index in [1.165, 1.54) is 24.3 Å². The molecule has 0 saturated carbocycles. The number of carbonyl (C=O) groups is 2. The van der Waals surface area contributed by atoms with Crippen molar-refractivity contribution < 1.29 is 18.7 Å². The fourth-order valence-corrected chi connectivity index (χ4v) is 2.49. The van der Waals surface area contributed by atoms with Crippen LogP contribution in [-0.2, 0) is 4.74 Å². The number of anilines is 1. The maximum absolute atomic E-state index is 13.1. The van der Waals surface area contributed by atoms with Crippen LogP contribution >= 0.6 is 11.3 Å². The molecule has 1 aromatic heterocycles. The summed E-state index contributed by atoms with van der Waals surface area (Å²) in [6.45, 7) is 5.19. The molecule has 5 nitrogen and oxygen atoms in total. The van der Waals surface area contributed by atoms with Crippen molar-refractivity contribution in [2.75, 3.05) is 11.9 Å². The van der Waals surface area contributed by atoms with Crippen LogP contribution in [-0.4, -0.2) is 23.5 Å². The summed E-state index contributed by atoms with van der Waals surface area (Å²) in [4.78, 5) is 28.2. The Bertz CT molecular complexity index is 727. The number of esters is 1. The van der Waals surface area contributed by atoms with Crippen LogP contribution < -0.4 is 5.32 Å². The predicted octanol–water partition coefficient (Wildman–Crippen LogP) is 3.19. The number of amides is 1. The van der Waals surface area contributed by atoms with E-state index in [1.807, 2.05) is 0 Å². The van der Waals surface area contributed by atoms with Gasteiger partial charge >= 0.3 is 5.97 Å². The van der Waals surface area contributed by atoms with Crippen LogP contribution in [0.5, 0.6) is 0 Å². The number of halogens is 1. The number of nitrogens with one attached hydrogen (secondary N) is 1. The molecule has 1 aromatic carbocycles. The molecule has 0 aliphatic heterocycles. The van der Waals surface area contributed by atoms with Crippen LogP contribution in [0.1, 0.15) is 25.7 Å². The topological polar surface area (TPSA) is 68.3 Å². The summed E-state index contributed by atoms with van der Waals surface area (Å²) in [5.41, 5.74) is 0.622. The second kappa shape index (κ2) is 6.95. The number of ether oxygens (including phenoxy) is 1. The number of hydrogen-bond acceptors (Lipinski definition) is 5. The highest BCUT2D eigenvalue weighted by atomic mass is 32.1. The number of nitrogens with zero attached hydrogens (tertiary/aromatic N) is 1. The molecule has 22 heavy (non-hydrogen) atoms. The van der Waals surface area contributed by atoms with Crippen LogP contribution in [0.4, 0.5) is 9.52 Å². The van der Waals surface area contributed by atoms with Gasteiger partial charge in [-0.15, -0.1) is 0 Å². The normalized spacial score (nSPS) is 10.1. The minimum atomic E-state index is -0.527. The lowest BCUT2D eigenvalue weighted by Gasteiger charge is -2.01. The van der Waals surface area contributed by atoms with E-state index in [-0.39, 0.29) is 17.3 Å². The van der Waals surface area contributed by atoms with E-state index in [1.54, 1.807) is 6.92 Å². The molecule has 1 heterocycles. The van der Waals surface area contributed by atoms with Crippen LogP contribution in [0.2, 0.25) is 0 Å². The Labute approximate surface area is 130 Å². The summed E-state index contributed by atoms with van der Waals surface area (Å²) in [6.07, 6.45) is 1.46. The van der Waals surface area contributed by atoms with Gasteiger partial charge in [0, 0.05) is 5.56 Å². The average Bonchev–Trinajstić information content (AvgIpc) is 2.85. The molecule has 1 N–H and O–H groups in total. The summed E-state index contributed by atoms with van der Waals surface area (Å²) in [6, 6.07) is 5.29. The monoisotopic (exact) mass is 320 g/mol. The van der Waals surface area contributed by atoms with Gasteiger partial charge < -0.3 is 4.74 Å². The first-order valence-electron chi connectivity index (χ1n) is 6.33. The number of hydrogen-bond donors (Lipinski definition) is 1. The van der Waals surface area contributed by atoms with Crippen LogP contribution in [0.15, 0.2) is 36.9 Å². The number of aromatic nitrogens is 1. The second-order valence-electron chi connectivity index (χ2n) is 4.29. The maximum atomic E-state index is 13.1.